The number of nitrogens with one attached hydrogen (secondary N) is 1. The van der Waals surface area contributed by atoms with Crippen LogP contribution in [0.1, 0.15) is 45.3 Å². The number of hydrogen-bond donors (Lipinski definition) is 1. The number of rotatable bonds is 7. The van der Waals surface area contributed by atoms with Gasteiger partial charge < -0.3 is 14.6 Å². The average Bonchev–Trinajstić information content (AvgIpc) is 3.19. The number of anilines is 1. The predicted octanol–water partition coefficient (Wildman–Crippen LogP) is 2.49. The monoisotopic (exact) mass is 454 g/mol. The van der Waals surface area contributed by atoms with Gasteiger partial charge in [-0.25, -0.2) is 12.8 Å². The molecule has 1 fully saturated rings. The van der Waals surface area contributed by atoms with Crippen molar-refractivity contribution in [3.05, 3.63) is 35.7 Å². The van der Waals surface area contributed by atoms with Gasteiger partial charge in [-0.05, 0) is 24.6 Å². The normalized spacial score (nSPS) is 15.7. The van der Waals surface area contributed by atoms with E-state index in [1.54, 1.807) is 0 Å². The number of ether oxygens (including phenoxy) is 1. The highest BCUT2D eigenvalue weighted by molar-refractivity contribution is 7.89. The summed E-state index contributed by atoms with van der Waals surface area (Å²) in [7, 11) is -4.01. The Balaban J connectivity index is 1.59. The zero-order valence-electron chi connectivity index (χ0n) is 17.9. The van der Waals surface area contributed by atoms with Crippen LogP contribution in [0.5, 0.6) is 0 Å². The molecule has 0 saturated carbocycles. The standard InChI is InChI=1S/C20H27FN4O5S/c1-20(2,3)19-23-18(30-24-19)6-4-5-17(26)22-14-7-8-15(21)16(13-14)31(27,28)25-9-11-29-12-10-25/h7-8,13H,4-6,9-12H2,1-3H3,(H,22,26). The maximum Gasteiger partial charge on any atom is 0.246 e. The fourth-order valence-corrected chi connectivity index (χ4v) is 4.49. The highest BCUT2D eigenvalue weighted by atomic mass is 32.2. The summed E-state index contributed by atoms with van der Waals surface area (Å²) in [5.74, 6) is -0.127. The summed E-state index contributed by atoms with van der Waals surface area (Å²) in [6, 6.07) is 3.51. The topological polar surface area (TPSA) is 115 Å². The third-order valence-corrected chi connectivity index (χ3v) is 6.65. The molecule has 11 heteroatoms. The molecular weight excluding hydrogens is 427 g/mol. The van der Waals surface area contributed by atoms with E-state index in [0.717, 1.165) is 12.1 Å². The molecule has 1 aromatic carbocycles. The summed E-state index contributed by atoms with van der Waals surface area (Å²) in [6.45, 7) is 6.76. The SMILES string of the molecule is CC(C)(C)c1noc(CCCC(=O)Nc2ccc(F)c(S(=O)(=O)N3CCOCC3)c2)n1. The van der Waals surface area contributed by atoms with Gasteiger partial charge in [-0.3, -0.25) is 4.79 Å². The van der Waals surface area contributed by atoms with Crippen molar-refractivity contribution in [2.45, 2.75) is 50.3 Å². The summed E-state index contributed by atoms with van der Waals surface area (Å²) in [5.41, 5.74) is -0.00733. The Morgan fingerprint density at radius 2 is 1.97 bits per heavy atom. The Kier molecular flexibility index (Phi) is 7.07. The van der Waals surface area contributed by atoms with Crippen molar-refractivity contribution in [3.63, 3.8) is 0 Å². The Hall–Kier alpha value is -2.37. The summed E-state index contributed by atoms with van der Waals surface area (Å²) in [5, 5.41) is 6.56. The van der Waals surface area contributed by atoms with Crippen LogP contribution in [-0.2, 0) is 31.4 Å². The van der Waals surface area contributed by atoms with Crippen LogP contribution in [0.2, 0.25) is 0 Å². The van der Waals surface area contributed by atoms with Crippen molar-refractivity contribution in [1.82, 2.24) is 14.4 Å². The average molecular weight is 455 g/mol. The van der Waals surface area contributed by atoms with E-state index in [0.29, 0.717) is 24.6 Å². The van der Waals surface area contributed by atoms with Crippen molar-refractivity contribution < 1.29 is 26.9 Å². The number of halogens is 1. The quantitative estimate of drug-likeness (QED) is 0.683. The van der Waals surface area contributed by atoms with Crippen LogP contribution in [0.15, 0.2) is 27.6 Å². The molecule has 0 bridgehead atoms. The molecule has 1 amide bonds. The number of nitrogens with zero attached hydrogens (tertiary/aromatic N) is 3. The molecule has 2 aromatic rings. The molecule has 1 saturated heterocycles. The van der Waals surface area contributed by atoms with Gasteiger partial charge in [-0.15, -0.1) is 0 Å². The minimum Gasteiger partial charge on any atom is -0.379 e. The lowest BCUT2D eigenvalue weighted by atomic mass is 9.96. The molecule has 0 radical (unpaired) electrons. The van der Waals surface area contributed by atoms with Gasteiger partial charge in [-0.1, -0.05) is 25.9 Å². The maximum absolute atomic E-state index is 14.3. The molecule has 0 spiro atoms. The number of hydrogen-bond acceptors (Lipinski definition) is 7. The lowest BCUT2D eigenvalue weighted by molar-refractivity contribution is -0.116. The lowest BCUT2D eigenvalue weighted by Crippen LogP contribution is -2.40. The van der Waals surface area contributed by atoms with Gasteiger partial charge in [0.05, 0.1) is 13.2 Å². The molecule has 0 unspecified atom stereocenters. The first-order chi connectivity index (χ1) is 14.6. The second kappa shape index (κ2) is 9.41. The molecule has 170 valence electrons. The Bertz CT molecular complexity index is 1030. The van der Waals surface area contributed by atoms with Crippen molar-refractivity contribution in [1.29, 1.82) is 0 Å². The molecule has 1 N–H and O–H groups in total. The number of aryl methyl sites for hydroxylation is 1. The van der Waals surface area contributed by atoms with Crippen LogP contribution in [0.25, 0.3) is 0 Å². The molecule has 0 aliphatic carbocycles. The lowest BCUT2D eigenvalue weighted by Gasteiger charge is -2.26. The summed E-state index contributed by atoms with van der Waals surface area (Å²) >= 11 is 0. The van der Waals surface area contributed by atoms with Crippen LogP contribution < -0.4 is 5.32 Å². The number of carbonyl (C=O) groups is 1. The molecule has 3 rings (SSSR count). The van der Waals surface area contributed by atoms with Gasteiger partial charge in [0.2, 0.25) is 21.8 Å². The fourth-order valence-electron chi connectivity index (χ4n) is 2.99. The molecular formula is C20H27FN4O5S. The first-order valence-electron chi connectivity index (χ1n) is 10.1. The van der Waals surface area contributed by atoms with Crippen LogP contribution in [0.4, 0.5) is 10.1 Å². The summed E-state index contributed by atoms with van der Waals surface area (Å²) < 4.78 is 51.3. The molecule has 1 aliphatic heterocycles. The van der Waals surface area contributed by atoms with Gasteiger partial charge in [0.1, 0.15) is 10.7 Å². The van der Waals surface area contributed by atoms with Crippen LogP contribution in [-0.4, -0.2) is 55.1 Å². The van der Waals surface area contributed by atoms with Gasteiger partial charge in [0, 0.05) is 37.0 Å². The van der Waals surface area contributed by atoms with Crippen molar-refractivity contribution in [3.8, 4) is 0 Å². The van der Waals surface area contributed by atoms with E-state index >= 15 is 0 Å². The van der Waals surface area contributed by atoms with Crippen LogP contribution in [0, 0.1) is 5.82 Å². The zero-order valence-corrected chi connectivity index (χ0v) is 18.7. The largest absolute Gasteiger partial charge is 0.379 e. The smallest absolute Gasteiger partial charge is 0.246 e. The highest BCUT2D eigenvalue weighted by Crippen LogP contribution is 2.24. The van der Waals surface area contributed by atoms with E-state index in [2.05, 4.69) is 15.5 Å². The first-order valence-corrected chi connectivity index (χ1v) is 11.5. The number of carbonyl (C=O) groups excluding carboxylic acids is 1. The third kappa shape index (κ3) is 5.86. The Morgan fingerprint density at radius 3 is 2.61 bits per heavy atom. The number of benzene rings is 1. The fraction of sp³-hybridized carbons (Fsp3) is 0.550. The second-order valence-electron chi connectivity index (χ2n) is 8.33. The van der Waals surface area contributed by atoms with Crippen LogP contribution in [0.3, 0.4) is 0 Å². The minimum atomic E-state index is -4.01. The Labute approximate surface area is 181 Å². The molecule has 1 aromatic heterocycles. The number of morpholine rings is 1. The van der Waals surface area contributed by atoms with Crippen molar-refractivity contribution >= 4 is 21.6 Å². The first kappa shape index (κ1) is 23.3. The van der Waals surface area contributed by atoms with Crippen molar-refractivity contribution in [2.24, 2.45) is 0 Å². The zero-order chi connectivity index (χ0) is 22.6. The van der Waals surface area contributed by atoms with E-state index in [-0.39, 0.29) is 49.7 Å². The number of amides is 1. The molecule has 31 heavy (non-hydrogen) atoms. The number of aromatic nitrogens is 2. The minimum absolute atomic E-state index is 0.158. The molecule has 0 atom stereocenters. The van der Waals surface area contributed by atoms with Gasteiger partial charge in [0.25, 0.3) is 0 Å². The third-order valence-electron chi connectivity index (χ3n) is 4.74. The summed E-state index contributed by atoms with van der Waals surface area (Å²) in [4.78, 5) is 16.1. The van der Waals surface area contributed by atoms with E-state index in [1.807, 2.05) is 20.8 Å². The number of sulfonamides is 1. The van der Waals surface area contributed by atoms with Gasteiger partial charge >= 0.3 is 0 Å². The molecule has 1 aliphatic rings. The van der Waals surface area contributed by atoms with E-state index < -0.39 is 20.7 Å². The predicted molar refractivity (Wildman–Crippen MR) is 111 cm³/mol. The molecule has 2 heterocycles. The Morgan fingerprint density at radius 1 is 1.26 bits per heavy atom. The van der Waals surface area contributed by atoms with E-state index in [9.17, 15) is 17.6 Å². The van der Waals surface area contributed by atoms with Gasteiger partial charge in [0.15, 0.2) is 5.82 Å². The second-order valence-corrected chi connectivity index (χ2v) is 10.2. The van der Waals surface area contributed by atoms with E-state index in [1.165, 1.54) is 10.4 Å². The molecule has 9 nitrogen and oxygen atoms in total. The van der Waals surface area contributed by atoms with Gasteiger partial charge in [-0.2, -0.15) is 9.29 Å². The summed E-state index contributed by atoms with van der Waals surface area (Å²) in [6.07, 6.45) is 1.07. The maximum atomic E-state index is 14.3. The highest BCUT2D eigenvalue weighted by Gasteiger charge is 2.29. The van der Waals surface area contributed by atoms with Crippen LogP contribution >= 0.6 is 0 Å². The van der Waals surface area contributed by atoms with Crippen molar-refractivity contribution in [2.75, 3.05) is 31.6 Å². The van der Waals surface area contributed by atoms with E-state index in [4.69, 9.17) is 9.26 Å².